The van der Waals surface area contributed by atoms with Gasteiger partial charge in [0.05, 0.1) is 18.6 Å². The molecule has 2 aromatic carbocycles. The smallest absolute Gasteiger partial charge is 0.243 e. The molecule has 0 bridgehead atoms. The molecule has 2 aromatic rings. The Bertz CT molecular complexity index is 838. The molecule has 0 aliphatic heterocycles. The van der Waals surface area contributed by atoms with E-state index in [0.717, 1.165) is 16.1 Å². The van der Waals surface area contributed by atoms with Gasteiger partial charge in [-0.25, -0.2) is 8.42 Å². The van der Waals surface area contributed by atoms with Crippen LogP contribution in [0.15, 0.2) is 54.6 Å². The van der Waals surface area contributed by atoms with Crippen LogP contribution >= 0.6 is 0 Å². The van der Waals surface area contributed by atoms with Crippen molar-refractivity contribution in [1.29, 1.82) is 0 Å². The summed E-state index contributed by atoms with van der Waals surface area (Å²) in [7, 11) is -3.61. The minimum atomic E-state index is -3.61. The monoisotopic (exact) mass is 376 g/mol. The third kappa shape index (κ3) is 4.98. The zero-order valence-electron chi connectivity index (χ0n) is 15.2. The van der Waals surface area contributed by atoms with E-state index in [2.05, 4.69) is 5.32 Å². The van der Waals surface area contributed by atoms with Gasteiger partial charge in [0.2, 0.25) is 15.9 Å². The van der Waals surface area contributed by atoms with Crippen LogP contribution in [-0.2, 0) is 21.4 Å². The zero-order chi connectivity index (χ0) is 19.2. The number of benzene rings is 2. The Labute approximate surface area is 154 Å². The maximum Gasteiger partial charge on any atom is 0.243 e. The fraction of sp³-hybridized carbons (Fsp3) is 0.316. The van der Waals surface area contributed by atoms with Crippen molar-refractivity contribution in [2.45, 2.75) is 26.4 Å². The normalized spacial score (nSPS) is 12.3. The van der Waals surface area contributed by atoms with E-state index in [0.29, 0.717) is 18.0 Å². The van der Waals surface area contributed by atoms with E-state index in [4.69, 9.17) is 4.74 Å². The number of nitrogens with zero attached hydrogens (tertiary/aromatic N) is 1. The zero-order valence-corrected chi connectivity index (χ0v) is 16.0. The minimum absolute atomic E-state index is 0.256. The van der Waals surface area contributed by atoms with E-state index in [9.17, 15) is 13.2 Å². The van der Waals surface area contributed by atoms with E-state index >= 15 is 0 Å². The SMILES string of the molecule is CCOc1ccccc1CNC(=O)[C@@H](C)N(c1ccccc1)S(C)(=O)=O. The topological polar surface area (TPSA) is 75.7 Å². The number of carbonyl (C=O) groups is 1. The summed E-state index contributed by atoms with van der Waals surface area (Å²) >= 11 is 0. The molecule has 0 saturated carbocycles. The van der Waals surface area contributed by atoms with Gasteiger partial charge < -0.3 is 10.1 Å². The maximum atomic E-state index is 12.6. The summed E-state index contributed by atoms with van der Waals surface area (Å²) in [5, 5.41) is 2.79. The second kappa shape index (κ2) is 8.71. The molecule has 0 saturated heterocycles. The second-order valence-corrected chi connectivity index (χ2v) is 7.69. The molecule has 140 valence electrons. The van der Waals surface area contributed by atoms with Crippen molar-refractivity contribution >= 4 is 21.6 Å². The van der Waals surface area contributed by atoms with Crippen molar-refractivity contribution < 1.29 is 17.9 Å². The average molecular weight is 376 g/mol. The van der Waals surface area contributed by atoms with Gasteiger partial charge in [0, 0.05) is 12.1 Å². The van der Waals surface area contributed by atoms with Crippen LogP contribution in [0.2, 0.25) is 0 Å². The highest BCUT2D eigenvalue weighted by molar-refractivity contribution is 7.92. The molecule has 0 aromatic heterocycles. The number of hydrogen-bond acceptors (Lipinski definition) is 4. The standard InChI is InChI=1S/C19H24N2O4S/c1-4-25-18-13-9-8-10-16(18)14-20-19(22)15(2)21(26(3,23)24)17-11-6-5-7-12-17/h5-13,15H,4,14H2,1-3H3,(H,20,22)/t15-/m1/s1. The molecule has 0 radical (unpaired) electrons. The molecule has 0 aliphatic rings. The summed E-state index contributed by atoms with van der Waals surface area (Å²) in [5.41, 5.74) is 1.29. The van der Waals surface area contributed by atoms with E-state index in [-0.39, 0.29) is 12.5 Å². The van der Waals surface area contributed by atoms with E-state index in [1.807, 2.05) is 31.2 Å². The number of hydrogen-bond donors (Lipinski definition) is 1. The number of amides is 1. The van der Waals surface area contributed by atoms with Crippen LogP contribution < -0.4 is 14.4 Å². The summed E-state index contributed by atoms with van der Waals surface area (Å²) < 4.78 is 31.1. The number of rotatable bonds is 8. The van der Waals surface area contributed by atoms with Crippen LogP contribution in [0.1, 0.15) is 19.4 Å². The molecule has 0 fully saturated rings. The summed E-state index contributed by atoms with van der Waals surface area (Å²) in [6.07, 6.45) is 1.09. The largest absolute Gasteiger partial charge is 0.494 e. The van der Waals surface area contributed by atoms with Crippen molar-refractivity contribution in [3.8, 4) is 5.75 Å². The molecule has 7 heteroatoms. The molecule has 0 unspecified atom stereocenters. The van der Waals surface area contributed by atoms with Crippen LogP contribution in [0.4, 0.5) is 5.69 Å². The lowest BCUT2D eigenvalue weighted by atomic mass is 10.2. The molecule has 6 nitrogen and oxygen atoms in total. The molecule has 1 amide bonds. The Morgan fingerprint density at radius 1 is 1.12 bits per heavy atom. The molecule has 2 rings (SSSR count). The quantitative estimate of drug-likeness (QED) is 0.768. The number of para-hydroxylation sites is 2. The van der Waals surface area contributed by atoms with Gasteiger partial charge in [0.1, 0.15) is 11.8 Å². The van der Waals surface area contributed by atoms with Crippen molar-refractivity contribution in [2.75, 3.05) is 17.2 Å². The Morgan fingerprint density at radius 3 is 2.35 bits per heavy atom. The number of anilines is 1. The molecule has 0 spiro atoms. The highest BCUT2D eigenvalue weighted by atomic mass is 32.2. The van der Waals surface area contributed by atoms with Gasteiger partial charge in [-0.2, -0.15) is 0 Å². The fourth-order valence-corrected chi connectivity index (χ4v) is 3.83. The lowest BCUT2D eigenvalue weighted by Crippen LogP contribution is -2.47. The average Bonchev–Trinajstić information content (AvgIpc) is 2.60. The Morgan fingerprint density at radius 2 is 1.73 bits per heavy atom. The van der Waals surface area contributed by atoms with Gasteiger partial charge in [-0.15, -0.1) is 0 Å². The van der Waals surface area contributed by atoms with Gasteiger partial charge in [-0.3, -0.25) is 9.10 Å². The Balaban J connectivity index is 2.15. The third-order valence-corrected chi connectivity index (χ3v) is 5.07. The summed E-state index contributed by atoms with van der Waals surface area (Å²) in [4.78, 5) is 12.6. The lowest BCUT2D eigenvalue weighted by Gasteiger charge is -2.28. The van der Waals surface area contributed by atoms with Gasteiger partial charge >= 0.3 is 0 Å². The molecular weight excluding hydrogens is 352 g/mol. The molecular formula is C19H24N2O4S. The number of sulfonamides is 1. The molecule has 0 heterocycles. The van der Waals surface area contributed by atoms with Crippen molar-refractivity contribution in [3.05, 3.63) is 60.2 Å². The first-order valence-electron chi connectivity index (χ1n) is 8.37. The van der Waals surface area contributed by atoms with E-state index in [1.54, 1.807) is 37.3 Å². The second-order valence-electron chi connectivity index (χ2n) is 5.83. The van der Waals surface area contributed by atoms with Crippen LogP contribution in [0.25, 0.3) is 0 Å². The summed E-state index contributed by atoms with van der Waals surface area (Å²) in [6.45, 7) is 4.24. The first-order valence-corrected chi connectivity index (χ1v) is 10.2. The minimum Gasteiger partial charge on any atom is -0.494 e. The van der Waals surface area contributed by atoms with Gasteiger partial charge in [0.15, 0.2) is 0 Å². The van der Waals surface area contributed by atoms with Crippen LogP contribution in [0.3, 0.4) is 0 Å². The van der Waals surface area contributed by atoms with Crippen molar-refractivity contribution in [1.82, 2.24) is 5.32 Å². The number of ether oxygens (including phenoxy) is 1. The molecule has 1 N–H and O–H groups in total. The fourth-order valence-electron chi connectivity index (χ4n) is 2.66. The third-order valence-electron chi connectivity index (χ3n) is 3.82. The molecule has 26 heavy (non-hydrogen) atoms. The highest BCUT2D eigenvalue weighted by Gasteiger charge is 2.28. The van der Waals surface area contributed by atoms with Gasteiger partial charge in [-0.1, -0.05) is 36.4 Å². The van der Waals surface area contributed by atoms with Crippen molar-refractivity contribution in [2.24, 2.45) is 0 Å². The Hall–Kier alpha value is -2.54. The number of carbonyl (C=O) groups excluding carboxylic acids is 1. The van der Waals surface area contributed by atoms with Crippen LogP contribution in [0.5, 0.6) is 5.75 Å². The van der Waals surface area contributed by atoms with Crippen LogP contribution in [-0.4, -0.2) is 33.2 Å². The molecule has 0 aliphatic carbocycles. The lowest BCUT2D eigenvalue weighted by molar-refractivity contribution is -0.122. The molecule has 1 atom stereocenters. The van der Waals surface area contributed by atoms with E-state index < -0.39 is 16.1 Å². The first kappa shape index (κ1) is 19.8. The highest BCUT2D eigenvalue weighted by Crippen LogP contribution is 2.21. The Kier molecular flexibility index (Phi) is 6.63. The maximum absolute atomic E-state index is 12.6. The summed E-state index contributed by atoms with van der Waals surface area (Å²) in [6, 6.07) is 15.1. The van der Waals surface area contributed by atoms with Crippen molar-refractivity contribution in [3.63, 3.8) is 0 Å². The first-order chi connectivity index (χ1) is 12.3. The van der Waals surface area contributed by atoms with Gasteiger partial charge in [0.25, 0.3) is 0 Å². The van der Waals surface area contributed by atoms with E-state index in [1.165, 1.54) is 0 Å². The predicted octanol–water partition coefficient (Wildman–Crippen LogP) is 2.56. The van der Waals surface area contributed by atoms with Gasteiger partial charge in [-0.05, 0) is 32.0 Å². The number of nitrogens with one attached hydrogen (secondary N) is 1. The predicted molar refractivity (Wildman–Crippen MR) is 103 cm³/mol. The van der Waals surface area contributed by atoms with Crippen LogP contribution in [0, 0.1) is 0 Å². The summed E-state index contributed by atoms with van der Waals surface area (Å²) in [5.74, 6) is 0.316.